The maximum Gasteiger partial charge on any atom is 0.220 e. The van der Waals surface area contributed by atoms with Gasteiger partial charge in [0, 0.05) is 18.0 Å². The number of nitrogens with one attached hydrogen (secondary N) is 1. The van der Waals surface area contributed by atoms with Crippen LogP contribution in [0.15, 0.2) is 11.6 Å². The molecule has 0 aliphatic heterocycles. The lowest BCUT2D eigenvalue weighted by atomic mass is 9.99. The van der Waals surface area contributed by atoms with Crippen molar-refractivity contribution in [2.75, 3.05) is 6.54 Å². The van der Waals surface area contributed by atoms with Gasteiger partial charge in [-0.3, -0.25) is 4.79 Å². The molecule has 0 aliphatic carbocycles. The highest BCUT2D eigenvalue weighted by molar-refractivity contribution is 7.09. The second-order valence-electron chi connectivity index (χ2n) is 5.02. The molecule has 1 heterocycles. The summed E-state index contributed by atoms with van der Waals surface area (Å²) in [5.74, 6) is 0.118. The van der Waals surface area contributed by atoms with E-state index in [0.717, 1.165) is 43.7 Å². The molecule has 4 nitrogen and oxygen atoms in total. The van der Waals surface area contributed by atoms with Gasteiger partial charge >= 0.3 is 0 Å². The predicted molar refractivity (Wildman–Crippen MR) is 80.0 cm³/mol. The highest BCUT2D eigenvalue weighted by Crippen LogP contribution is 2.26. The van der Waals surface area contributed by atoms with E-state index in [-0.39, 0.29) is 11.4 Å². The quantitative estimate of drug-likeness (QED) is 0.685. The molecule has 1 aromatic heterocycles. The van der Waals surface area contributed by atoms with E-state index in [1.165, 1.54) is 0 Å². The minimum Gasteiger partial charge on any atom is -0.344 e. The summed E-state index contributed by atoms with van der Waals surface area (Å²) in [7, 11) is 0. The zero-order valence-corrected chi connectivity index (χ0v) is 12.8. The molecule has 0 saturated carbocycles. The molecule has 0 bridgehead atoms. The Balaban J connectivity index is 2.37. The molecule has 0 radical (unpaired) electrons. The number of unbranched alkanes of at least 4 members (excludes halogenated alkanes) is 3. The fourth-order valence-corrected chi connectivity index (χ4v) is 2.77. The first-order chi connectivity index (χ1) is 9.12. The molecule has 0 aromatic carbocycles. The van der Waals surface area contributed by atoms with Gasteiger partial charge in [0.15, 0.2) is 0 Å². The molecular formula is C14H25N3OS. The molecule has 0 aliphatic rings. The third-order valence-corrected chi connectivity index (χ3v) is 4.42. The van der Waals surface area contributed by atoms with E-state index in [9.17, 15) is 4.79 Å². The first-order valence-corrected chi connectivity index (χ1v) is 7.91. The maximum atomic E-state index is 12.0. The van der Waals surface area contributed by atoms with Crippen molar-refractivity contribution in [1.82, 2.24) is 10.3 Å². The van der Waals surface area contributed by atoms with Crippen LogP contribution in [0.3, 0.4) is 0 Å². The van der Waals surface area contributed by atoms with Crippen molar-refractivity contribution < 1.29 is 4.79 Å². The van der Waals surface area contributed by atoms with Gasteiger partial charge in [-0.05, 0) is 32.7 Å². The highest BCUT2D eigenvalue weighted by atomic mass is 32.1. The van der Waals surface area contributed by atoms with Crippen molar-refractivity contribution in [2.24, 2.45) is 5.73 Å². The summed E-state index contributed by atoms with van der Waals surface area (Å²) in [4.78, 5) is 16.3. The molecule has 0 saturated heterocycles. The SMILES string of the molecule is CCC(C)(NC(=O)CCCCCCN)c1nccs1. The summed E-state index contributed by atoms with van der Waals surface area (Å²) in [5.41, 5.74) is 5.11. The number of carbonyl (C=O) groups excluding carboxylic acids is 1. The summed E-state index contributed by atoms with van der Waals surface area (Å²) in [6, 6.07) is 0. The largest absolute Gasteiger partial charge is 0.344 e. The summed E-state index contributed by atoms with van der Waals surface area (Å²) in [6.07, 6.45) is 7.39. The number of hydrogen-bond donors (Lipinski definition) is 2. The molecule has 0 fully saturated rings. The summed E-state index contributed by atoms with van der Waals surface area (Å²) in [6.45, 7) is 4.85. The van der Waals surface area contributed by atoms with Crippen molar-refractivity contribution in [3.8, 4) is 0 Å². The van der Waals surface area contributed by atoms with E-state index in [1.807, 2.05) is 12.3 Å². The lowest BCUT2D eigenvalue weighted by Crippen LogP contribution is -2.42. The van der Waals surface area contributed by atoms with Gasteiger partial charge in [0.2, 0.25) is 5.91 Å². The molecule has 1 aromatic rings. The maximum absolute atomic E-state index is 12.0. The zero-order chi connectivity index (χ0) is 14.1. The molecule has 108 valence electrons. The van der Waals surface area contributed by atoms with Crippen LogP contribution in [0.5, 0.6) is 0 Å². The van der Waals surface area contributed by atoms with Crippen LogP contribution in [0.4, 0.5) is 0 Å². The fourth-order valence-electron chi connectivity index (χ4n) is 1.94. The Hall–Kier alpha value is -0.940. The van der Waals surface area contributed by atoms with Gasteiger partial charge in [-0.1, -0.05) is 19.8 Å². The standard InChI is InChI=1S/C14H25N3OS/c1-3-14(2,13-16-10-11-19-13)17-12(18)8-6-4-5-7-9-15/h10-11H,3-9,15H2,1-2H3,(H,17,18). The second-order valence-corrected chi connectivity index (χ2v) is 5.92. The Bertz CT molecular complexity index is 367. The number of hydrogen-bond acceptors (Lipinski definition) is 4. The van der Waals surface area contributed by atoms with E-state index in [2.05, 4.69) is 17.2 Å². The number of aromatic nitrogens is 1. The monoisotopic (exact) mass is 283 g/mol. The van der Waals surface area contributed by atoms with E-state index in [0.29, 0.717) is 6.42 Å². The first kappa shape index (κ1) is 16.1. The topological polar surface area (TPSA) is 68.0 Å². The normalized spacial score (nSPS) is 14.1. The molecule has 1 unspecified atom stereocenters. The average Bonchev–Trinajstić information content (AvgIpc) is 2.93. The van der Waals surface area contributed by atoms with Gasteiger partial charge in [-0.25, -0.2) is 4.98 Å². The third kappa shape index (κ3) is 5.28. The van der Waals surface area contributed by atoms with Crippen molar-refractivity contribution >= 4 is 17.2 Å². The highest BCUT2D eigenvalue weighted by Gasteiger charge is 2.28. The molecule has 1 rings (SSSR count). The number of carbonyl (C=O) groups is 1. The zero-order valence-electron chi connectivity index (χ0n) is 11.9. The molecule has 19 heavy (non-hydrogen) atoms. The van der Waals surface area contributed by atoms with Crippen LogP contribution in [0.25, 0.3) is 0 Å². The van der Waals surface area contributed by atoms with Crippen LogP contribution in [0.1, 0.15) is 57.4 Å². The van der Waals surface area contributed by atoms with Gasteiger partial charge in [0.25, 0.3) is 0 Å². The minimum atomic E-state index is -0.331. The average molecular weight is 283 g/mol. The van der Waals surface area contributed by atoms with Gasteiger partial charge < -0.3 is 11.1 Å². The Labute approximate surface area is 119 Å². The van der Waals surface area contributed by atoms with Crippen LogP contribution in [0.2, 0.25) is 0 Å². The van der Waals surface area contributed by atoms with Crippen LogP contribution < -0.4 is 11.1 Å². The summed E-state index contributed by atoms with van der Waals surface area (Å²) in [5, 5.41) is 6.05. The van der Waals surface area contributed by atoms with E-state index in [1.54, 1.807) is 17.5 Å². The van der Waals surface area contributed by atoms with Crippen LogP contribution in [-0.4, -0.2) is 17.4 Å². The Morgan fingerprint density at radius 1 is 1.42 bits per heavy atom. The Morgan fingerprint density at radius 3 is 2.74 bits per heavy atom. The number of thiazole rings is 1. The van der Waals surface area contributed by atoms with E-state index in [4.69, 9.17) is 5.73 Å². The van der Waals surface area contributed by atoms with Crippen molar-refractivity contribution in [2.45, 2.75) is 57.9 Å². The third-order valence-electron chi connectivity index (χ3n) is 3.38. The number of amides is 1. The molecule has 1 atom stereocenters. The molecule has 0 spiro atoms. The van der Waals surface area contributed by atoms with Crippen LogP contribution >= 0.6 is 11.3 Å². The predicted octanol–water partition coefficient (Wildman–Crippen LogP) is 2.79. The fraction of sp³-hybridized carbons (Fsp3) is 0.714. The number of rotatable bonds is 9. The Kier molecular flexibility index (Phi) is 7.02. The number of nitrogens with zero attached hydrogens (tertiary/aromatic N) is 1. The van der Waals surface area contributed by atoms with Crippen molar-refractivity contribution in [3.05, 3.63) is 16.6 Å². The smallest absolute Gasteiger partial charge is 0.220 e. The summed E-state index contributed by atoms with van der Waals surface area (Å²) < 4.78 is 0. The molecule has 3 N–H and O–H groups in total. The first-order valence-electron chi connectivity index (χ1n) is 7.03. The minimum absolute atomic E-state index is 0.118. The molecular weight excluding hydrogens is 258 g/mol. The second kappa shape index (κ2) is 8.27. The lowest BCUT2D eigenvalue weighted by molar-refractivity contribution is -0.123. The summed E-state index contributed by atoms with van der Waals surface area (Å²) >= 11 is 1.59. The number of nitrogens with two attached hydrogens (primary N) is 1. The van der Waals surface area contributed by atoms with Crippen molar-refractivity contribution in [1.29, 1.82) is 0 Å². The Morgan fingerprint density at radius 2 is 2.16 bits per heavy atom. The van der Waals surface area contributed by atoms with Crippen LogP contribution in [0, 0.1) is 0 Å². The van der Waals surface area contributed by atoms with Crippen molar-refractivity contribution in [3.63, 3.8) is 0 Å². The van der Waals surface area contributed by atoms with E-state index < -0.39 is 0 Å². The van der Waals surface area contributed by atoms with Gasteiger partial charge in [-0.2, -0.15) is 0 Å². The molecule has 5 heteroatoms. The van der Waals surface area contributed by atoms with Gasteiger partial charge in [-0.15, -0.1) is 11.3 Å². The lowest BCUT2D eigenvalue weighted by Gasteiger charge is -2.27. The van der Waals surface area contributed by atoms with Gasteiger partial charge in [0.1, 0.15) is 5.01 Å². The van der Waals surface area contributed by atoms with Gasteiger partial charge in [0.05, 0.1) is 5.54 Å². The molecule has 1 amide bonds. The van der Waals surface area contributed by atoms with Crippen LogP contribution in [-0.2, 0) is 10.3 Å². The van der Waals surface area contributed by atoms with E-state index >= 15 is 0 Å².